The van der Waals surface area contributed by atoms with Crippen LogP contribution in [0.1, 0.15) is 21.9 Å². The largest absolute Gasteiger partial charge is 0.444 e. The van der Waals surface area contributed by atoms with Gasteiger partial charge in [0.15, 0.2) is 6.39 Å². The van der Waals surface area contributed by atoms with Crippen LogP contribution in [0.5, 0.6) is 0 Å². The number of allylic oxidation sites excluding steroid dienone is 1. The van der Waals surface area contributed by atoms with E-state index in [1.54, 1.807) is 6.39 Å². The van der Waals surface area contributed by atoms with Gasteiger partial charge in [-0.1, -0.05) is 6.08 Å². The third-order valence-corrected chi connectivity index (χ3v) is 5.56. The van der Waals surface area contributed by atoms with E-state index in [1.165, 1.54) is 28.1 Å². The molecule has 0 fully saturated rings. The Labute approximate surface area is 121 Å². The Balaban J connectivity index is 1.63. The molecule has 20 heavy (non-hydrogen) atoms. The minimum absolute atomic E-state index is 0.490. The Hall–Kier alpha value is -1.81. The van der Waals surface area contributed by atoms with Crippen LogP contribution < -0.4 is 0 Å². The highest BCUT2D eigenvalue weighted by molar-refractivity contribution is 7.10. The first-order valence-corrected chi connectivity index (χ1v) is 7.93. The Bertz CT molecular complexity index is 752. The zero-order chi connectivity index (χ0) is 13.1. The topological polar surface area (TPSA) is 29.3 Å². The smallest absolute Gasteiger partial charge is 0.181 e. The lowest BCUT2D eigenvalue weighted by Gasteiger charge is -2.39. The van der Waals surface area contributed by atoms with Crippen LogP contribution >= 0.6 is 11.3 Å². The molecule has 0 radical (unpaired) electrons. The minimum atomic E-state index is 0.490. The van der Waals surface area contributed by atoms with Crippen molar-refractivity contribution in [2.45, 2.75) is 12.8 Å². The summed E-state index contributed by atoms with van der Waals surface area (Å²) in [4.78, 5) is 8.39. The van der Waals surface area contributed by atoms with Crippen LogP contribution in [-0.4, -0.2) is 23.0 Å². The van der Waals surface area contributed by atoms with Crippen molar-refractivity contribution < 1.29 is 4.42 Å². The molecule has 1 atom stereocenters. The van der Waals surface area contributed by atoms with Crippen molar-refractivity contribution in [2.24, 2.45) is 5.92 Å². The van der Waals surface area contributed by atoms with Crippen LogP contribution in [0, 0.1) is 5.92 Å². The highest BCUT2D eigenvalue weighted by Crippen LogP contribution is 2.41. The second-order valence-corrected chi connectivity index (χ2v) is 6.67. The second-order valence-electron chi connectivity index (χ2n) is 5.67. The fourth-order valence-corrected chi connectivity index (χ4v) is 4.43. The van der Waals surface area contributed by atoms with Gasteiger partial charge in [0.2, 0.25) is 0 Å². The van der Waals surface area contributed by atoms with Gasteiger partial charge in [-0.25, -0.2) is 4.98 Å². The summed E-state index contributed by atoms with van der Waals surface area (Å²) in [6.45, 7) is 2.17. The third kappa shape index (κ3) is 1.43. The Morgan fingerprint density at radius 2 is 2.40 bits per heavy atom. The fourth-order valence-electron chi connectivity index (χ4n) is 3.55. The third-order valence-electron chi connectivity index (χ3n) is 4.58. The lowest BCUT2D eigenvalue weighted by atomic mass is 9.83. The summed E-state index contributed by atoms with van der Waals surface area (Å²) >= 11 is 1.89. The van der Waals surface area contributed by atoms with Crippen molar-refractivity contribution in [2.75, 3.05) is 13.1 Å². The van der Waals surface area contributed by atoms with E-state index in [0.717, 1.165) is 31.0 Å². The monoisotopic (exact) mass is 282 g/mol. The molecule has 5 rings (SSSR count). The lowest BCUT2D eigenvalue weighted by Crippen LogP contribution is -2.36. The zero-order valence-corrected chi connectivity index (χ0v) is 11.8. The van der Waals surface area contributed by atoms with Crippen molar-refractivity contribution in [1.29, 1.82) is 0 Å². The van der Waals surface area contributed by atoms with E-state index in [-0.39, 0.29) is 0 Å². The van der Waals surface area contributed by atoms with Crippen molar-refractivity contribution in [3.63, 3.8) is 0 Å². The molecular weight excluding hydrogens is 268 g/mol. The van der Waals surface area contributed by atoms with Gasteiger partial charge < -0.3 is 9.32 Å². The van der Waals surface area contributed by atoms with Gasteiger partial charge in [-0.2, -0.15) is 0 Å². The van der Waals surface area contributed by atoms with Gasteiger partial charge in [-0.05, 0) is 29.5 Å². The molecule has 1 aliphatic carbocycles. The molecular formula is C16H14N2OS. The molecule has 0 saturated heterocycles. The van der Waals surface area contributed by atoms with Gasteiger partial charge in [0.25, 0.3) is 0 Å². The number of fused-ring (bicyclic) bond motifs is 5. The van der Waals surface area contributed by atoms with E-state index in [2.05, 4.69) is 33.5 Å². The summed E-state index contributed by atoms with van der Waals surface area (Å²) in [5.41, 5.74) is 5.45. The highest BCUT2D eigenvalue weighted by Gasteiger charge is 2.32. The SMILES string of the molecule is C1=C2CN3CCc4sccc4C3=C[C@@H]2Cc2ncoc21. The van der Waals surface area contributed by atoms with Gasteiger partial charge in [-0.3, -0.25) is 0 Å². The maximum atomic E-state index is 5.46. The molecule has 0 spiro atoms. The van der Waals surface area contributed by atoms with Crippen LogP contribution in [0.3, 0.4) is 0 Å². The molecule has 2 aromatic rings. The predicted molar refractivity (Wildman–Crippen MR) is 79.2 cm³/mol. The summed E-state index contributed by atoms with van der Waals surface area (Å²) in [7, 11) is 0. The number of thiophene rings is 1. The highest BCUT2D eigenvalue weighted by atomic mass is 32.1. The molecule has 2 aromatic heterocycles. The van der Waals surface area contributed by atoms with Gasteiger partial charge in [0.1, 0.15) is 5.76 Å². The first-order valence-electron chi connectivity index (χ1n) is 7.05. The molecule has 0 N–H and O–H groups in total. The maximum Gasteiger partial charge on any atom is 0.181 e. The van der Waals surface area contributed by atoms with Crippen molar-refractivity contribution in [1.82, 2.24) is 9.88 Å². The lowest BCUT2D eigenvalue weighted by molar-refractivity contribution is 0.390. The second kappa shape index (κ2) is 3.85. The van der Waals surface area contributed by atoms with E-state index >= 15 is 0 Å². The minimum Gasteiger partial charge on any atom is -0.444 e. The Morgan fingerprint density at radius 3 is 3.40 bits per heavy atom. The normalized spacial score (nSPS) is 23.2. The van der Waals surface area contributed by atoms with Crippen molar-refractivity contribution in [3.05, 3.63) is 51.4 Å². The molecule has 100 valence electrons. The molecule has 0 bridgehead atoms. The Morgan fingerprint density at radius 1 is 1.40 bits per heavy atom. The van der Waals surface area contributed by atoms with Crippen LogP contribution in [0.15, 0.2) is 33.9 Å². The zero-order valence-electron chi connectivity index (χ0n) is 11.0. The predicted octanol–water partition coefficient (Wildman–Crippen LogP) is 3.20. The molecule has 4 heterocycles. The first-order chi connectivity index (χ1) is 9.88. The fraction of sp³-hybridized carbons (Fsp3) is 0.312. The van der Waals surface area contributed by atoms with E-state index in [4.69, 9.17) is 4.42 Å². The van der Waals surface area contributed by atoms with Gasteiger partial charge >= 0.3 is 0 Å². The number of hydrogen-bond acceptors (Lipinski definition) is 4. The van der Waals surface area contributed by atoms with Crippen LogP contribution in [0.4, 0.5) is 0 Å². The summed E-state index contributed by atoms with van der Waals surface area (Å²) in [5.74, 6) is 1.45. The average molecular weight is 282 g/mol. The van der Waals surface area contributed by atoms with E-state index in [1.807, 2.05) is 11.3 Å². The van der Waals surface area contributed by atoms with E-state index in [9.17, 15) is 0 Å². The van der Waals surface area contributed by atoms with Crippen LogP contribution in [0.2, 0.25) is 0 Å². The molecule has 4 heteroatoms. The molecule has 2 aliphatic heterocycles. The average Bonchev–Trinajstić information content (AvgIpc) is 3.10. The molecule has 0 amide bonds. The van der Waals surface area contributed by atoms with Gasteiger partial charge in [0, 0.05) is 41.6 Å². The number of rotatable bonds is 0. The maximum absolute atomic E-state index is 5.46. The van der Waals surface area contributed by atoms with Gasteiger partial charge in [-0.15, -0.1) is 11.3 Å². The number of aromatic nitrogens is 1. The molecule has 3 aliphatic rings. The molecule has 0 aromatic carbocycles. The Kier molecular flexibility index (Phi) is 2.10. The first kappa shape index (κ1) is 10.9. The number of nitrogens with zero attached hydrogens (tertiary/aromatic N) is 2. The summed E-state index contributed by atoms with van der Waals surface area (Å²) in [6.07, 6.45) is 8.37. The van der Waals surface area contributed by atoms with Crippen molar-refractivity contribution in [3.8, 4) is 0 Å². The summed E-state index contributed by atoms with van der Waals surface area (Å²) in [5, 5.41) is 2.22. The standard InChI is InChI=1S/C16H14N2OS/c1-3-18-8-11-7-15-13(17-9-19-15)5-10(11)6-14(18)12-2-4-20-16(1)12/h2,4,6-7,9-10H,1,3,5,8H2/t10-/m0/s1. The quantitative estimate of drug-likeness (QED) is 0.743. The van der Waals surface area contributed by atoms with E-state index in [0.29, 0.717) is 5.92 Å². The van der Waals surface area contributed by atoms with E-state index < -0.39 is 0 Å². The van der Waals surface area contributed by atoms with Gasteiger partial charge in [0.05, 0.1) is 5.69 Å². The molecule has 0 unspecified atom stereocenters. The molecule has 3 nitrogen and oxygen atoms in total. The summed E-state index contributed by atoms with van der Waals surface area (Å²) in [6, 6.07) is 2.27. The summed E-state index contributed by atoms with van der Waals surface area (Å²) < 4.78 is 5.46. The van der Waals surface area contributed by atoms with Crippen molar-refractivity contribution >= 4 is 23.1 Å². The number of oxazole rings is 1. The van der Waals surface area contributed by atoms with Crippen LogP contribution in [-0.2, 0) is 12.8 Å². The van der Waals surface area contributed by atoms with Crippen LogP contribution in [0.25, 0.3) is 11.8 Å². The number of hydrogen-bond donors (Lipinski definition) is 0. The molecule has 0 saturated carbocycles.